The highest BCUT2D eigenvalue weighted by Gasteiger charge is 2.17. The molecule has 0 bridgehead atoms. The molecule has 0 unspecified atom stereocenters. The number of piperazine rings is 1. The molecule has 0 saturated carbocycles. The lowest BCUT2D eigenvalue weighted by Crippen LogP contribution is -2.52. The van der Waals surface area contributed by atoms with Gasteiger partial charge in [-0.2, -0.15) is 0 Å². The van der Waals surface area contributed by atoms with Crippen LogP contribution >= 0.6 is 11.6 Å². The highest BCUT2D eigenvalue weighted by molar-refractivity contribution is 6.29. The molecule has 18 heavy (non-hydrogen) atoms. The highest BCUT2D eigenvalue weighted by atomic mass is 35.5. The van der Waals surface area contributed by atoms with Crippen molar-refractivity contribution in [1.82, 2.24) is 20.3 Å². The Kier molecular flexibility index (Phi) is 4.16. The Morgan fingerprint density at radius 2 is 2.00 bits per heavy atom. The van der Waals surface area contributed by atoms with Gasteiger partial charge in [0.1, 0.15) is 5.15 Å². The van der Waals surface area contributed by atoms with Crippen LogP contribution in [0.15, 0.2) is 12.1 Å². The Balaban J connectivity index is 1.99. The van der Waals surface area contributed by atoms with Crippen LogP contribution in [0.2, 0.25) is 5.15 Å². The maximum absolute atomic E-state index is 12.0. The van der Waals surface area contributed by atoms with Gasteiger partial charge in [0.05, 0.1) is 0 Å². The van der Waals surface area contributed by atoms with Crippen molar-refractivity contribution in [3.05, 3.63) is 28.5 Å². The fourth-order valence-electron chi connectivity index (χ4n) is 1.89. The third-order valence-corrected chi connectivity index (χ3v) is 3.14. The molecule has 1 aliphatic heterocycles. The molecule has 1 amide bonds. The van der Waals surface area contributed by atoms with Gasteiger partial charge in [-0.3, -0.25) is 10.2 Å². The van der Waals surface area contributed by atoms with E-state index >= 15 is 0 Å². The summed E-state index contributed by atoms with van der Waals surface area (Å²) in [6.45, 7) is 5.39. The zero-order chi connectivity index (χ0) is 13.1. The van der Waals surface area contributed by atoms with Gasteiger partial charge in [0, 0.05) is 37.4 Å². The first kappa shape index (κ1) is 13.3. The van der Waals surface area contributed by atoms with E-state index in [4.69, 9.17) is 11.6 Å². The molecule has 1 saturated heterocycles. The molecule has 98 valence electrons. The molecule has 0 spiro atoms. The number of pyridine rings is 1. The summed E-state index contributed by atoms with van der Waals surface area (Å²) in [7, 11) is 2.07. The fraction of sp³-hybridized carbons (Fsp3) is 0.500. The second-order valence-electron chi connectivity index (χ2n) is 4.55. The van der Waals surface area contributed by atoms with Crippen molar-refractivity contribution in [3.63, 3.8) is 0 Å². The van der Waals surface area contributed by atoms with Gasteiger partial charge < -0.3 is 4.90 Å². The Morgan fingerprint density at radius 1 is 1.33 bits per heavy atom. The summed E-state index contributed by atoms with van der Waals surface area (Å²) in [6.07, 6.45) is 0. The number of nitrogens with zero attached hydrogens (tertiary/aromatic N) is 3. The predicted octanol–water partition coefficient (Wildman–Crippen LogP) is 0.936. The van der Waals surface area contributed by atoms with Crippen LogP contribution in [0.4, 0.5) is 0 Å². The number of carbonyl (C=O) groups excluding carboxylic acids is 1. The number of hydrogen-bond donors (Lipinski definition) is 1. The minimum atomic E-state index is -0.132. The lowest BCUT2D eigenvalue weighted by Gasteiger charge is -2.32. The Hall–Kier alpha value is -1.17. The lowest BCUT2D eigenvalue weighted by atomic mass is 10.2. The standard InChI is InChI=1S/C12H17ClN4O/c1-9-7-10(8-11(13)14-9)12(18)15-17-5-3-16(2)4-6-17/h7-8H,3-6H2,1-2H3,(H,15,18). The van der Waals surface area contributed by atoms with Gasteiger partial charge in [-0.25, -0.2) is 9.99 Å². The SMILES string of the molecule is Cc1cc(C(=O)NN2CCN(C)CC2)cc(Cl)n1. The molecule has 1 aliphatic rings. The van der Waals surface area contributed by atoms with Crippen molar-refractivity contribution >= 4 is 17.5 Å². The van der Waals surface area contributed by atoms with Gasteiger partial charge in [0.2, 0.25) is 0 Å². The molecule has 6 heteroatoms. The van der Waals surface area contributed by atoms with Crippen molar-refractivity contribution in [3.8, 4) is 0 Å². The third kappa shape index (κ3) is 3.41. The van der Waals surface area contributed by atoms with E-state index in [1.54, 1.807) is 12.1 Å². The van der Waals surface area contributed by atoms with Gasteiger partial charge in [0.15, 0.2) is 0 Å². The largest absolute Gasteiger partial charge is 0.304 e. The van der Waals surface area contributed by atoms with Gasteiger partial charge >= 0.3 is 0 Å². The highest BCUT2D eigenvalue weighted by Crippen LogP contribution is 2.10. The second kappa shape index (κ2) is 5.65. The van der Waals surface area contributed by atoms with Gasteiger partial charge in [-0.15, -0.1) is 0 Å². The maximum atomic E-state index is 12.0. The zero-order valence-corrected chi connectivity index (χ0v) is 11.4. The first-order valence-corrected chi connectivity index (χ1v) is 6.31. The summed E-state index contributed by atoms with van der Waals surface area (Å²) in [5, 5.41) is 2.28. The normalized spacial score (nSPS) is 17.7. The van der Waals surface area contributed by atoms with Crippen LogP contribution in [-0.2, 0) is 0 Å². The smallest absolute Gasteiger partial charge is 0.265 e. The van der Waals surface area contributed by atoms with Crippen molar-refractivity contribution < 1.29 is 4.79 Å². The monoisotopic (exact) mass is 268 g/mol. The number of halogens is 1. The molecule has 0 aromatic carbocycles. The number of carbonyl (C=O) groups is 1. The Labute approximate surface area is 112 Å². The zero-order valence-electron chi connectivity index (χ0n) is 10.6. The molecular formula is C12H17ClN4O. The number of likely N-dealkylation sites (N-methyl/N-ethyl adjacent to an activating group) is 1. The minimum absolute atomic E-state index is 0.132. The summed E-state index contributed by atoms with van der Waals surface area (Å²) in [5.41, 5.74) is 4.18. The predicted molar refractivity (Wildman–Crippen MR) is 70.5 cm³/mol. The van der Waals surface area contributed by atoms with Gasteiger partial charge in [0.25, 0.3) is 5.91 Å². The molecule has 1 N–H and O–H groups in total. The summed E-state index contributed by atoms with van der Waals surface area (Å²) in [5.74, 6) is -0.132. The van der Waals surface area contributed by atoms with Crippen LogP contribution in [0, 0.1) is 6.92 Å². The van der Waals surface area contributed by atoms with Crippen LogP contribution < -0.4 is 5.43 Å². The summed E-state index contributed by atoms with van der Waals surface area (Å²) in [6, 6.07) is 3.32. The molecule has 0 radical (unpaired) electrons. The summed E-state index contributed by atoms with van der Waals surface area (Å²) < 4.78 is 0. The number of nitrogens with one attached hydrogen (secondary N) is 1. The van der Waals surface area contributed by atoms with E-state index in [1.807, 2.05) is 11.9 Å². The number of hydrogen-bond acceptors (Lipinski definition) is 4. The molecule has 5 nitrogen and oxygen atoms in total. The number of aryl methyl sites for hydroxylation is 1. The van der Waals surface area contributed by atoms with Crippen molar-refractivity contribution in [1.29, 1.82) is 0 Å². The quantitative estimate of drug-likeness (QED) is 0.811. The average Bonchev–Trinajstić information content (AvgIpc) is 2.31. The van der Waals surface area contributed by atoms with E-state index in [1.165, 1.54) is 0 Å². The molecule has 1 aromatic rings. The minimum Gasteiger partial charge on any atom is -0.304 e. The van der Waals surface area contributed by atoms with E-state index in [0.717, 1.165) is 31.9 Å². The van der Waals surface area contributed by atoms with E-state index in [-0.39, 0.29) is 5.91 Å². The maximum Gasteiger partial charge on any atom is 0.265 e. The van der Waals surface area contributed by atoms with Gasteiger partial charge in [-0.1, -0.05) is 11.6 Å². The molecular weight excluding hydrogens is 252 g/mol. The molecule has 2 rings (SSSR count). The fourth-order valence-corrected chi connectivity index (χ4v) is 2.14. The van der Waals surface area contributed by atoms with Crippen LogP contribution in [0.5, 0.6) is 0 Å². The van der Waals surface area contributed by atoms with E-state index in [2.05, 4.69) is 22.4 Å². The molecule has 0 aliphatic carbocycles. The Bertz CT molecular complexity index is 423. The van der Waals surface area contributed by atoms with E-state index in [0.29, 0.717) is 10.7 Å². The van der Waals surface area contributed by atoms with E-state index < -0.39 is 0 Å². The van der Waals surface area contributed by atoms with Crippen molar-refractivity contribution in [2.75, 3.05) is 33.2 Å². The van der Waals surface area contributed by atoms with Crippen molar-refractivity contribution in [2.24, 2.45) is 0 Å². The summed E-state index contributed by atoms with van der Waals surface area (Å²) >= 11 is 5.84. The number of hydrazine groups is 1. The molecule has 1 aromatic heterocycles. The van der Waals surface area contributed by atoms with Crippen LogP contribution in [0.1, 0.15) is 16.1 Å². The van der Waals surface area contributed by atoms with Crippen LogP contribution in [0.25, 0.3) is 0 Å². The van der Waals surface area contributed by atoms with Crippen molar-refractivity contribution in [2.45, 2.75) is 6.92 Å². The lowest BCUT2D eigenvalue weighted by molar-refractivity contribution is 0.0662. The van der Waals surface area contributed by atoms with E-state index in [9.17, 15) is 4.79 Å². The summed E-state index contributed by atoms with van der Waals surface area (Å²) in [4.78, 5) is 18.3. The second-order valence-corrected chi connectivity index (χ2v) is 4.94. The van der Waals surface area contributed by atoms with Crippen LogP contribution in [-0.4, -0.2) is 54.0 Å². The average molecular weight is 269 g/mol. The topological polar surface area (TPSA) is 48.5 Å². The number of aromatic nitrogens is 1. The number of rotatable bonds is 2. The first-order chi connectivity index (χ1) is 8.54. The van der Waals surface area contributed by atoms with Crippen LogP contribution in [0.3, 0.4) is 0 Å². The first-order valence-electron chi connectivity index (χ1n) is 5.93. The molecule has 0 atom stereocenters. The molecule has 2 heterocycles. The Morgan fingerprint density at radius 3 is 2.61 bits per heavy atom. The molecule has 1 fully saturated rings. The third-order valence-electron chi connectivity index (χ3n) is 2.95. The van der Waals surface area contributed by atoms with Gasteiger partial charge in [-0.05, 0) is 26.1 Å². The number of amides is 1.